The van der Waals surface area contributed by atoms with E-state index in [0.29, 0.717) is 5.54 Å². The molecule has 2 amide bonds. The summed E-state index contributed by atoms with van der Waals surface area (Å²) >= 11 is 0. The molecule has 1 spiro atoms. The van der Waals surface area contributed by atoms with E-state index in [-0.39, 0.29) is 6.03 Å². The van der Waals surface area contributed by atoms with Gasteiger partial charge in [0.1, 0.15) is 0 Å². The SMILES string of the molecule is CN1CN(CC2CC2)C2(CCN(C(=O)N(C)C)CC2)C1. The van der Waals surface area contributed by atoms with Crippen molar-refractivity contribution in [3.8, 4) is 0 Å². The minimum Gasteiger partial charge on any atom is -0.331 e. The Bertz CT molecular complexity index is 372. The number of likely N-dealkylation sites (tertiary alicyclic amines) is 1. The highest BCUT2D eigenvalue weighted by Crippen LogP contribution is 2.39. The first-order valence-electron chi connectivity index (χ1n) is 7.90. The van der Waals surface area contributed by atoms with Gasteiger partial charge in [0.25, 0.3) is 0 Å². The summed E-state index contributed by atoms with van der Waals surface area (Å²) in [5, 5.41) is 0. The Morgan fingerprint density at radius 1 is 1.25 bits per heavy atom. The molecule has 0 N–H and O–H groups in total. The molecule has 0 radical (unpaired) electrons. The zero-order chi connectivity index (χ0) is 14.3. The second kappa shape index (κ2) is 5.19. The Balaban J connectivity index is 1.63. The lowest BCUT2D eigenvalue weighted by molar-refractivity contribution is 0.0633. The molecule has 0 unspecified atom stereocenters. The summed E-state index contributed by atoms with van der Waals surface area (Å²) in [6.45, 7) is 5.37. The van der Waals surface area contributed by atoms with E-state index in [2.05, 4.69) is 16.8 Å². The van der Waals surface area contributed by atoms with Gasteiger partial charge in [-0.1, -0.05) is 0 Å². The quantitative estimate of drug-likeness (QED) is 0.759. The van der Waals surface area contributed by atoms with Crippen LogP contribution in [-0.4, -0.2) is 85.2 Å². The molecule has 114 valence electrons. The molecule has 2 aliphatic heterocycles. The number of hydrogen-bond donors (Lipinski definition) is 0. The Morgan fingerprint density at radius 2 is 1.90 bits per heavy atom. The third kappa shape index (κ3) is 2.66. The number of nitrogens with zero attached hydrogens (tertiary/aromatic N) is 4. The Morgan fingerprint density at radius 3 is 2.45 bits per heavy atom. The molecule has 2 saturated heterocycles. The van der Waals surface area contributed by atoms with Crippen LogP contribution in [0.15, 0.2) is 0 Å². The molecule has 2 heterocycles. The zero-order valence-corrected chi connectivity index (χ0v) is 13.1. The number of carbonyl (C=O) groups is 1. The highest BCUT2D eigenvalue weighted by Gasteiger charge is 2.47. The van der Waals surface area contributed by atoms with Crippen molar-refractivity contribution in [2.75, 3.05) is 54.0 Å². The van der Waals surface area contributed by atoms with Gasteiger partial charge < -0.3 is 9.80 Å². The average Bonchev–Trinajstić information content (AvgIpc) is 3.16. The van der Waals surface area contributed by atoms with E-state index in [0.717, 1.165) is 38.5 Å². The first-order valence-corrected chi connectivity index (χ1v) is 7.90. The van der Waals surface area contributed by atoms with Crippen LogP contribution in [0.1, 0.15) is 25.7 Å². The number of hydrogen-bond acceptors (Lipinski definition) is 3. The van der Waals surface area contributed by atoms with Gasteiger partial charge in [-0.3, -0.25) is 9.80 Å². The standard InChI is InChI=1S/C15H28N4O/c1-16(2)14(20)18-8-6-15(7-9-18)11-17(3)12-19(15)10-13-4-5-13/h13H,4-12H2,1-3H3. The second-order valence-corrected chi connectivity index (χ2v) is 7.21. The van der Waals surface area contributed by atoms with Gasteiger partial charge in [-0.15, -0.1) is 0 Å². The summed E-state index contributed by atoms with van der Waals surface area (Å²) in [4.78, 5) is 20.9. The molecule has 3 fully saturated rings. The first kappa shape index (κ1) is 14.1. The molecule has 20 heavy (non-hydrogen) atoms. The maximum absolute atomic E-state index is 12.1. The van der Waals surface area contributed by atoms with Crippen LogP contribution in [0.3, 0.4) is 0 Å². The zero-order valence-electron chi connectivity index (χ0n) is 13.1. The summed E-state index contributed by atoms with van der Waals surface area (Å²) in [7, 11) is 5.91. The van der Waals surface area contributed by atoms with E-state index >= 15 is 0 Å². The molecule has 5 nitrogen and oxygen atoms in total. The second-order valence-electron chi connectivity index (χ2n) is 7.21. The number of amides is 2. The van der Waals surface area contributed by atoms with E-state index in [9.17, 15) is 4.79 Å². The van der Waals surface area contributed by atoms with E-state index in [1.165, 1.54) is 25.9 Å². The van der Waals surface area contributed by atoms with Crippen LogP contribution in [0.2, 0.25) is 0 Å². The minimum absolute atomic E-state index is 0.167. The van der Waals surface area contributed by atoms with E-state index in [4.69, 9.17) is 0 Å². The summed E-state index contributed by atoms with van der Waals surface area (Å²) in [5.41, 5.74) is 0.334. The van der Waals surface area contributed by atoms with E-state index < -0.39 is 0 Å². The van der Waals surface area contributed by atoms with E-state index in [1.54, 1.807) is 4.90 Å². The monoisotopic (exact) mass is 280 g/mol. The predicted octanol–water partition coefficient (Wildman–Crippen LogP) is 1.12. The molecular formula is C15H28N4O. The summed E-state index contributed by atoms with van der Waals surface area (Å²) in [5.74, 6) is 0.944. The minimum atomic E-state index is 0.167. The third-order valence-corrected chi connectivity index (χ3v) is 5.17. The molecule has 3 rings (SSSR count). The third-order valence-electron chi connectivity index (χ3n) is 5.17. The summed E-state index contributed by atoms with van der Waals surface area (Å²) in [6.07, 6.45) is 5.09. The van der Waals surface area contributed by atoms with Crippen LogP contribution in [0.4, 0.5) is 4.79 Å². The molecule has 0 atom stereocenters. The van der Waals surface area contributed by atoms with E-state index in [1.807, 2.05) is 19.0 Å². The van der Waals surface area contributed by atoms with Crippen LogP contribution in [-0.2, 0) is 0 Å². The van der Waals surface area contributed by atoms with Gasteiger partial charge in [0.2, 0.25) is 0 Å². The lowest BCUT2D eigenvalue weighted by Gasteiger charge is -2.44. The number of rotatable bonds is 2. The lowest BCUT2D eigenvalue weighted by atomic mass is 9.86. The fourth-order valence-electron chi connectivity index (χ4n) is 3.83. The predicted molar refractivity (Wildman–Crippen MR) is 79.5 cm³/mol. The van der Waals surface area contributed by atoms with Gasteiger partial charge >= 0.3 is 6.03 Å². The highest BCUT2D eigenvalue weighted by atomic mass is 16.2. The fourth-order valence-corrected chi connectivity index (χ4v) is 3.83. The summed E-state index contributed by atoms with van der Waals surface area (Å²) in [6, 6.07) is 0.167. The number of likely N-dealkylation sites (N-methyl/N-ethyl adjacent to an activating group) is 1. The largest absolute Gasteiger partial charge is 0.331 e. The van der Waals surface area contributed by atoms with Crippen molar-refractivity contribution < 1.29 is 4.79 Å². The van der Waals surface area contributed by atoms with Crippen molar-refractivity contribution in [3.05, 3.63) is 0 Å². The first-order chi connectivity index (χ1) is 9.50. The van der Waals surface area contributed by atoms with Crippen molar-refractivity contribution in [1.82, 2.24) is 19.6 Å². The molecule has 5 heteroatoms. The molecule has 1 saturated carbocycles. The number of piperidine rings is 1. The molecular weight excluding hydrogens is 252 g/mol. The van der Waals surface area contributed by atoms with Gasteiger partial charge in [-0.05, 0) is 38.6 Å². The van der Waals surface area contributed by atoms with Crippen molar-refractivity contribution in [3.63, 3.8) is 0 Å². The van der Waals surface area contributed by atoms with Gasteiger partial charge in [0.15, 0.2) is 0 Å². The molecule has 0 aromatic carbocycles. The maximum atomic E-state index is 12.1. The fraction of sp³-hybridized carbons (Fsp3) is 0.933. The number of urea groups is 1. The van der Waals surface area contributed by atoms with Crippen molar-refractivity contribution in [1.29, 1.82) is 0 Å². The van der Waals surface area contributed by atoms with Crippen LogP contribution < -0.4 is 0 Å². The van der Waals surface area contributed by atoms with Crippen LogP contribution in [0.5, 0.6) is 0 Å². The van der Waals surface area contributed by atoms with Crippen molar-refractivity contribution in [2.24, 2.45) is 5.92 Å². The van der Waals surface area contributed by atoms with Gasteiger partial charge in [-0.25, -0.2) is 4.79 Å². The average molecular weight is 280 g/mol. The molecule has 0 aromatic rings. The Kier molecular flexibility index (Phi) is 3.67. The number of carbonyl (C=O) groups excluding carboxylic acids is 1. The normalized spacial score (nSPS) is 27.2. The Labute approximate surface area is 122 Å². The van der Waals surface area contributed by atoms with Gasteiger partial charge in [0, 0.05) is 45.8 Å². The van der Waals surface area contributed by atoms with Crippen LogP contribution >= 0.6 is 0 Å². The molecule has 1 aliphatic carbocycles. The van der Waals surface area contributed by atoms with Crippen LogP contribution in [0.25, 0.3) is 0 Å². The topological polar surface area (TPSA) is 30.0 Å². The van der Waals surface area contributed by atoms with Crippen LogP contribution in [0, 0.1) is 5.92 Å². The highest BCUT2D eigenvalue weighted by molar-refractivity contribution is 5.73. The van der Waals surface area contributed by atoms with Gasteiger partial charge in [-0.2, -0.15) is 0 Å². The van der Waals surface area contributed by atoms with Crippen molar-refractivity contribution in [2.45, 2.75) is 31.2 Å². The summed E-state index contributed by atoms with van der Waals surface area (Å²) < 4.78 is 0. The van der Waals surface area contributed by atoms with Crippen molar-refractivity contribution >= 4 is 6.03 Å². The molecule has 0 aromatic heterocycles. The Hall–Kier alpha value is -0.810. The van der Waals surface area contributed by atoms with Gasteiger partial charge in [0.05, 0.1) is 6.67 Å². The maximum Gasteiger partial charge on any atom is 0.319 e. The molecule has 3 aliphatic rings. The lowest BCUT2D eigenvalue weighted by Crippen LogP contribution is -2.56. The smallest absolute Gasteiger partial charge is 0.319 e. The molecule has 0 bridgehead atoms.